The number of carbonyl (C=O) groups excluding carboxylic acids is 1. The minimum absolute atomic E-state index is 0.261. The van der Waals surface area contributed by atoms with Crippen LogP contribution in [0.2, 0.25) is 5.15 Å². The van der Waals surface area contributed by atoms with Crippen LogP contribution in [-0.4, -0.2) is 34.4 Å². The zero-order chi connectivity index (χ0) is 13.7. The molecule has 0 fully saturated rings. The van der Waals surface area contributed by atoms with Crippen molar-refractivity contribution in [3.63, 3.8) is 0 Å². The maximum atomic E-state index is 11.9. The lowest BCUT2D eigenvalue weighted by Crippen LogP contribution is -2.13. The Morgan fingerprint density at radius 1 is 1.53 bits per heavy atom. The minimum Gasteiger partial charge on any atom is -0.383 e. The fourth-order valence-electron chi connectivity index (χ4n) is 1.47. The SMILES string of the molecule is COCCn1cc(NC(=O)c2cccc(Cl)n2)cn1. The van der Waals surface area contributed by atoms with Crippen LogP contribution in [0.3, 0.4) is 0 Å². The van der Waals surface area contributed by atoms with Crippen molar-refractivity contribution in [1.82, 2.24) is 14.8 Å². The third kappa shape index (κ3) is 3.77. The van der Waals surface area contributed by atoms with Crippen LogP contribution in [0, 0.1) is 0 Å². The second-order valence-corrected chi connectivity index (χ2v) is 4.17. The quantitative estimate of drug-likeness (QED) is 0.849. The number of anilines is 1. The van der Waals surface area contributed by atoms with E-state index >= 15 is 0 Å². The van der Waals surface area contributed by atoms with Crippen molar-refractivity contribution in [3.05, 3.63) is 41.4 Å². The van der Waals surface area contributed by atoms with E-state index in [0.29, 0.717) is 18.8 Å². The molecule has 2 aromatic rings. The summed E-state index contributed by atoms with van der Waals surface area (Å²) in [6.45, 7) is 1.19. The summed E-state index contributed by atoms with van der Waals surface area (Å²) in [6.07, 6.45) is 3.29. The summed E-state index contributed by atoms with van der Waals surface area (Å²) in [5.74, 6) is -0.325. The van der Waals surface area contributed by atoms with Crippen molar-refractivity contribution >= 4 is 23.2 Å². The normalized spacial score (nSPS) is 10.4. The van der Waals surface area contributed by atoms with E-state index in [2.05, 4.69) is 15.4 Å². The van der Waals surface area contributed by atoms with Gasteiger partial charge in [0.05, 0.1) is 25.0 Å². The fourth-order valence-corrected chi connectivity index (χ4v) is 1.63. The Balaban J connectivity index is 2.00. The molecule has 0 bridgehead atoms. The Kier molecular flexibility index (Phi) is 4.48. The predicted molar refractivity (Wildman–Crippen MR) is 71.3 cm³/mol. The topological polar surface area (TPSA) is 69.0 Å². The van der Waals surface area contributed by atoms with Gasteiger partial charge in [-0.05, 0) is 12.1 Å². The van der Waals surface area contributed by atoms with Gasteiger partial charge in [0.2, 0.25) is 0 Å². The Hall–Kier alpha value is -1.92. The number of aromatic nitrogens is 3. The van der Waals surface area contributed by atoms with Crippen molar-refractivity contribution in [1.29, 1.82) is 0 Å². The molecule has 100 valence electrons. The Morgan fingerprint density at radius 2 is 2.37 bits per heavy atom. The zero-order valence-electron chi connectivity index (χ0n) is 10.3. The number of methoxy groups -OCH3 is 1. The molecule has 2 aromatic heterocycles. The van der Waals surface area contributed by atoms with E-state index in [9.17, 15) is 4.79 Å². The molecule has 0 radical (unpaired) electrons. The lowest BCUT2D eigenvalue weighted by Gasteiger charge is -2.02. The monoisotopic (exact) mass is 280 g/mol. The number of nitrogens with one attached hydrogen (secondary N) is 1. The number of carbonyl (C=O) groups is 1. The van der Waals surface area contributed by atoms with Crippen LogP contribution in [0.4, 0.5) is 5.69 Å². The molecule has 0 aromatic carbocycles. The largest absolute Gasteiger partial charge is 0.383 e. The lowest BCUT2D eigenvalue weighted by molar-refractivity contribution is 0.102. The van der Waals surface area contributed by atoms with Crippen molar-refractivity contribution in [2.75, 3.05) is 19.0 Å². The molecule has 1 N–H and O–H groups in total. The maximum absolute atomic E-state index is 11.9. The van der Waals surface area contributed by atoms with Gasteiger partial charge in [-0.3, -0.25) is 9.48 Å². The van der Waals surface area contributed by atoms with Crippen LogP contribution in [0.15, 0.2) is 30.6 Å². The highest BCUT2D eigenvalue weighted by atomic mass is 35.5. The summed E-state index contributed by atoms with van der Waals surface area (Å²) in [7, 11) is 1.62. The molecule has 0 unspecified atom stereocenters. The molecule has 0 aliphatic heterocycles. The molecule has 2 heterocycles. The van der Waals surface area contributed by atoms with Crippen LogP contribution in [0.25, 0.3) is 0 Å². The van der Waals surface area contributed by atoms with Crippen LogP contribution in [0.1, 0.15) is 10.5 Å². The Labute approximate surface area is 115 Å². The molecule has 1 amide bonds. The third-order valence-corrected chi connectivity index (χ3v) is 2.57. The van der Waals surface area contributed by atoms with Crippen LogP contribution >= 0.6 is 11.6 Å². The molecule has 19 heavy (non-hydrogen) atoms. The molecule has 7 heteroatoms. The lowest BCUT2D eigenvalue weighted by atomic mass is 10.3. The summed E-state index contributed by atoms with van der Waals surface area (Å²) in [5.41, 5.74) is 0.861. The highest BCUT2D eigenvalue weighted by Crippen LogP contribution is 2.09. The highest BCUT2D eigenvalue weighted by Gasteiger charge is 2.09. The molecule has 0 aliphatic rings. The highest BCUT2D eigenvalue weighted by molar-refractivity contribution is 6.29. The number of amides is 1. The van der Waals surface area contributed by atoms with E-state index < -0.39 is 0 Å². The molecule has 0 saturated carbocycles. The smallest absolute Gasteiger partial charge is 0.274 e. The first-order valence-electron chi connectivity index (χ1n) is 5.64. The molecule has 0 aliphatic carbocycles. The van der Waals surface area contributed by atoms with Gasteiger partial charge in [0.25, 0.3) is 5.91 Å². The maximum Gasteiger partial charge on any atom is 0.274 e. The number of hydrogen-bond donors (Lipinski definition) is 1. The second-order valence-electron chi connectivity index (χ2n) is 3.78. The average Bonchev–Trinajstić information content (AvgIpc) is 2.84. The fraction of sp³-hybridized carbons (Fsp3) is 0.250. The van der Waals surface area contributed by atoms with Gasteiger partial charge in [-0.2, -0.15) is 5.10 Å². The first-order valence-corrected chi connectivity index (χ1v) is 6.02. The van der Waals surface area contributed by atoms with Crippen LogP contribution in [0.5, 0.6) is 0 Å². The number of hydrogen-bond acceptors (Lipinski definition) is 4. The molecule has 0 saturated heterocycles. The van der Waals surface area contributed by atoms with E-state index in [1.807, 2.05) is 0 Å². The third-order valence-electron chi connectivity index (χ3n) is 2.36. The van der Waals surface area contributed by atoms with Gasteiger partial charge >= 0.3 is 0 Å². The van der Waals surface area contributed by atoms with Crippen molar-refractivity contribution < 1.29 is 9.53 Å². The summed E-state index contributed by atoms with van der Waals surface area (Å²) in [4.78, 5) is 15.8. The van der Waals surface area contributed by atoms with Crippen molar-refractivity contribution in [2.45, 2.75) is 6.54 Å². The number of nitrogens with zero attached hydrogens (tertiary/aromatic N) is 3. The van der Waals surface area contributed by atoms with Gasteiger partial charge in [-0.25, -0.2) is 4.98 Å². The first kappa shape index (κ1) is 13.5. The second kappa shape index (κ2) is 6.31. The van der Waals surface area contributed by atoms with E-state index in [1.165, 1.54) is 0 Å². The minimum atomic E-state index is -0.325. The van der Waals surface area contributed by atoms with Crippen LogP contribution in [-0.2, 0) is 11.3 Å². The standard InChI is InChI=1S/C12H13ClN4O2/c1-19-6-5-17-8-9(7-14-17)15-12(18)10-3-2-4-11(13)16-10/h2-4,7-8H,5-6H2,1H3,(H,15,18). The molecular weight excluding hydrogens is 268 g/mol. The number of halogens is 1. The van der Waals surface area contributed by atoms with Gasteiger partial charge in [0.15, 0.2) is 0 Å². The molecule has 0 atom stereocenters. The van der Waals surface area contributed by atoms with Crippen molar-refractivity contribution in [2.24, 2.45) is 0 Å². The van der Waals surface area contributed by atoms with Gasteiger partial charge in [-0.1, -0.05) is 17.7 Å². The summed E-state index contributed by atoms with van der Waals surface area (Å²) >= 11 is 5.73. The summed E-state index contributed by atoms with van der Waals surface area (Å²) < 4.78 is 6.63. The Morgan fingerprint density at radius 3 is 3.11 bits per heavy atom. The van der Waals surface area contributed by atoms with Gasteiger partial charge in [-0.15, -0.1) is 0 Å². The van der Waals surface area contributed by atoms with Crippen molar-refractivity contribution in [3.8, 4) is 0 Å². The number of pyridine rings is 1. The van der Waals surface area contributed by atoms with Gasteiger partial charge in [0, 0.05) is 13.3 Å². The Bertz CT molecular complexity index is 570. The van der Waals surface area contributed by atoms with Gasteiger partial charge in [0.1, 0.15) is 10.8 Å². The summed E-state index contributed by atoms with van der Waals surface area (Å²) in [6, 6.07) is 4.88. The van der Waals surface area contributed by atoms with E-state index in [4.69, 9.17) is 16.3 Å². The van der Waals surface area contributed by atoms with E-state index in [1.54, 1.807) is 42.4 Å². The molecule has 6 nitrogen and oxygen atoms in total. The predicted octanol–water partition coefficient (Wildman–Crippen LogP) is 1.83. The summed E-state index contributed by atoms with van der Waals surface area (Å²) in [5, 5.41) is 7.07. The molecular formula is C12H13ClN4O2. The number of ether oxygens (including phenoxy) is 1. The van der Waals surface area contributed by atoms with E-state index in [-0.39, 0.29) is 16.8 Å². The molecule has 2 rings (SSSR count). The molecule has 0 spiro atoms. The zero-order valence-corrected chi connectivity index (χ0v) is 11.1. The first-order chi connectivity index (χ1) is 9.19. The van der Waals surface area contributed by atoms with E-state index in [0.717, 1.165) is 0 Å². The average molecular weight is 281 g/mol. The van der Waals surface area contributed by atoms with Crippen LogP contribution < -0.4 is 5.32 Å². The van der Waals surface area contributed by atoms with Gasteiger partial charge < -0.3 is 10.1 Å². The number of rotatable bonds is 5.